The molecule has 210 valence electrons. The van der Waals surface area contributed by atoms with Crippen LogP contribution in [0.1, 0.15) is 54.3 Å². The van der Waals surface area contributed by atoms with Crippen LogP contribution in [0.15, 0.2) is 95.4 Å². The van der Waals surface area contributed by atoms with Crippen molar-refractivity contribution in [2.75, 3.05) is 13.1 Å². The van der Waals surface area contributed by atoms with Crippen molar-refractivity contribution >= 4 is 35.3 Å². The molecule has 2 aliphatic rings. The van der Waals surface area contributed by atoms with E-state index in [-0.39, 0.29) is 42.5 Å². The lowest BCUT2D eigenvalue weighted by molar-refractivity contribution is -0.684. The molecule has 0 atom stereocenters. The van der Waals surface area contributed by atoms with E-state index in [0.29, 0.717) is 59.8 Å². The number of aromatic nitrogens is 2. The third-order valence-corrected chi connectivity index (χ3v) is 7.34. The second kappa shape index (κ2) is 11.3. The summed E-state index contributed by atoms with van der Waals surface area (Å²) in [5.41, 5.74) is 2.11. The zero-order valence-corrected chi connectivity index (χ0v) is 22.5. The van der Waals surface area contributed by atoms with Crippen LogP contribution < -0.4 is 4.57 Å². The van der Waals surface area contributed by atoms with Crippen LogP contribution in [0.5, 0.6) is 0 Å². The molecule has 10 nitrogen and oxygen atoms in total. The zero-order chi connectivity index (χ0) is 29.2. The van der Waals surface area contributed by atoms with Gasteiger partial charge in [-0.25, -0.2) is 13.5 Å². The highest BCUT2D eigenvalue weighted by molar-refractivity contribution is 6.22. The number of nitrogens with zero attached hydrogens (tertiary/aromatic N) is 6. The summed E-state index contributed by atoms with van der Waals surface area (Å²) in [5, 5.41) is 8.69. The minimum Gasteiger partial charge on any atom is -0.274 e. The van der Waals surface area contributed by atoms with Gasteiger partial charge in [0.25, 0.3) is 23.6 Å². The molecule has 0 saturated carbocycles. The van der Waals surface area contributed by atoms with Crippen molar-refractivity contribution in [2.24, 2.45) is 10.2 Å². The lowest BCUT2D eigenvalue weighted by Gasteiger charge is -2.13. The second-order valence-electron chi connectivity index (χ2n) is 9.98. The Morgan fingerprint density at radius 1 is 0.619 bits per heavy atom. The lowest BCUT2D eigenvalue weighted by atomic mass is 10.1. The summed E-state index contributed by atoms with van der Waals surface area (Å²) in [7, 11) is 0. The first kappa shape index (κ1) is 26.9. The van der Waals surface area contributed by atoms with Crippen LogP contribution in [0, 0.1) is 5.82 Å². The summed E-state index contributed by atoms with van der Waals surface area (Å²) in [6, 6.07) is 19.2. The number of carbonyl (C=O) groups is 4. The van der Waals surface area contributed by atoms with Crippen molar-refractivity contribution in [2.45, 2.75) is 25.9 Å². The summed E-state index contributed by atoms with van der Waals surface area (Å²) in [6.45, 7) is 1.35. The van der Waals surface area contributed by atoms with Gasteiger partial charge in [-0.2, -0.15) is 0 Å². The Labute approximate surface area is 240 Å². The van der Waals surface area contributed by atoms with Crippen LogP contribution in [-0.4, -0.2) is 51.1 Å². The van der Waals surface area contributed by atoms with E-state index < -0.39 is 0 Å². The number of carbonyl (C=O) groups excluding carboxylic acids is 4. The quantitative estimate of drug-likeness (QED) is 0.158. The normalized spacial score (nSPS) is 14.4. The number of rotatable bonds is 10. The molecule has 1 aromatic heterocycles. The Bertz CT molecular complexity index is 1580. The number of aryl methyl sites for hydroxylation is 2. The van der Waals surface area contributed by atoms with Gasteiger partial charge in [0.15, 0.2) is 0 Å². The van der Waals surface area contributed by atoms with Crippen molar-refractivity contribution in [3.8, 4) is 0 Å². The minimum atomic E-state index is -0.381. The Hall–Kier alpha value is -5.32. The molecule has 6 rings (SSSR count). The predicted octanol–water partition coefficient (Wildman–Crippen LogP) is 4.70. The van der Waals surface area contributed by atoms with Gasteiger partial charge in [-0.15, -0.1) is 0 Å². The first-order chi connectivity index (χ1) is 20.4. The van der Waals surface area contributed by atoms with Crippen LogP contribution >= 0.6 is 0 Å². The molecule has 2 aliphatic heterocycles. The van der Waals surface area contributed by atoms with Gasteiger partial charge in [-0.05, 0) is 61.4 Å². The molecule has 0 radical (unpaired) electrons. The minimum absolute atomic E-state index is 0.235. The molecule has 4 amide bonds. The third kappa shape index (κ3) is 5.00. The highest BCUT2D eigenvalue weighted by atomic mass is 19.1. The molecule has 0 bridgehead atoms. The average Bonchev–Trinajstić information content (AvgIpc) is 3.59. The zero-order valence-electron chi connectivity index (χ0n) is 22.5. The molecule has 0 unspecified atom stereocenters. The van der Waals surface area contributed by atoms with Gasteiger partial charge in [0.2, 0.25) is 0 Å². The van der Waals surface area contributed by atoms with E-state index in [1.807, 2.05) is 21.5 Å². The molecular weight excluding hydrogens is 539 g/mol. The van der Waals surface area contributed by atoms with Gasteiger partial charge in [0.1, 0.15) is 11.5 Å². The Kier molecular flexibility index (Phi) is 7.22. The fourth-order valence-electron chi connectivity index (χ4n) is 5.22. The molecule has 0 fully saturated rings. The largest absolute Gasteiger partial charge is 0.421 e. The van der Waals surface area contributed by atoms with Crippen LogP contribution in [0.3, 0.4) is 0 Å². The van der Waals surface area contributed by atoms with E-state index in [2.05, 4.69) is 10.2 Å². The van der Waals surface area contributed by atoms with Gasteiger partial charge < -0.3 is 0 Å². The number of benzene rings is 3. The number of imidazole rings is 1. The molecule has 0 aliphatic carbocycles. The van der Waals surface area contributed by atoms with Crippen molar-refractivity contribution in [1.29, 1.82) is 0 Å². The standard InChI is InChI=1S/C31H26FN6O4/c32-21-11-13-22(14-12-21)33-34-31-35(15-5-17-37-27(39)23-7-1-2-8-24(23)28(37)40)19-20-36(31)16-6-18-38-29(41)25-9-3-4-10-26(25)30(38)42/h1-4,7-14,19-20H,5-6,15-18H2/q+1. The average molecular weight is 566 g/mol. The van der Waals surface area contributed by atoms with E-state index in [0.717, 1.165) is 0 Å². The summed E-state index contributed by atoms with van der Waals surface area (Å²) in [5.74, 6) is -1.10. The number of hydrogen-bond donors (Lipinski definition) is 0. The fraction of sp³-hybridized carbons (Fsp3) is 0.194. The van der Waals surface area contributed by atoms with Crippen molar-refractivity contribution in [3.63, 3.8) is 0 Å². The van der Waals surface area contributed by atoms with Crippen molar-refractivity contribution < 1.29 is 28.1 Å². The van der Waals surface area contributed by atoms with E-state index >= 15 is 0 Å². The van der Waals surface area contributed by atoms with Gasteiger partial charge in [0, 0.05) is 18.2 Å². The molecule has 0 N–H and O–H groups in total. The van der Waals surface area contributed by atoms with Crippen LogP contribution in [0.4, 0.5) is 16.0 Å². The SMILES string of the molecule is O=C1c2ccccc2C(=O)N1CCCn1cc[n+](CCCN2C(=O)c3ccccc3C2=O)c1N=Nc1ccc(F)cc1. The number of amides is 4. The summed E-state index contributed by atoms with van der Waals surface area (Å²) >= 11 is 0. The Balaban J connectivity index is 1.15. The van der Waals surface area contributed by atoms with Crippen molar-refractivity contribution in [3.05, 3.63) is 113 Å². The lowest BCUT2D eigenvalue weighted by Crippen LogP contribution is -2.37. The topological polar surface area (TPSA) is 108 Å². The number of hydrogen-bond acceptors (Lipinski definition) is 6. The van der Waals surface area contributed by atoms with E-state index in [4.69, 9.17) is 0 Å². The fourth-order valence-corrected chi connectivity index (χ4v) is 5.22. The second-order valence-corrected chi connectivity index (χ2v) is 9.98. The number of fused-ring (bicyclic) bond motifs is 2. The molecular formula is C31H26FN6O4+. The molecule has 0 spiro atoms. The highest BCUT2D eigenvalue weighted by Crippen LogP contribution is 2.24. The number of azo groups is 1. The Morgan fingerprint density at radius 2 is 1.12 bits per heavy atom. The third-order valence-electron chi connectivity index (χ3n) is 7.34. The highest BCUT2D eigenvalue weighted by Gasteiger charge is 2.36. The maximum absolute atomic E-state index is 13.4. The first-order valence-corrected chi connectivity index (χ1v) is 13.6. The molecule has 42 heavy (non-hydrogen) atoms. The number of halogens is 1. The summed E-state index contributed by atoms with van der Waals surface area (Å²) in [4.78, 5) is 53.4. The Morgan fingerprint density at radius 3 is 1.64 bits per heavy atom. The molecule has 0 saturated heterocycles. The maximum Gasteiger partial charge on any atom is 0.421 e. The van der Waals surface area contributed by atoms with Gasteiger partial charge >= 0.3 is 5.95 Å². The van der Waals surface area contributed by atoms with Crippen molar-refractivity contribution in [1.82, 2.24) is 14.4 Å². The molecule has 3 aromatic carbocycles. The number of imide groups is 2. The van der Waals surface area contributed by atoms with E-state index in [1.165, 1.54) is 34.1 Å². The molecule has 3 heterocycles. The maximum atomic E-state index is 13.4. The first-order valence-electron chi connectivity index (χ1n) is 13.6. The molecule has 4 aromatic rings. The van der Waals surface area contributed by atoms with Crippen LogP contribution in [0.25, 0.3) is 0 Å². The van der Waals surface area contributed by atoms with Crippen LogP contribution in [-0.2, 0) is 13.1 Å². The van der Waals surface area contributed by atoms with E-state index in [1.54, 1.807) is 48.5 Å². The smallest absolute Gasteiger partial charge is 0.274 e. The summed E-state index contributed by atoms with van der Waals surface area (Å²) in [6.07, 6.45) is 4.61. The van der Waals surface area contributed by atoms with Gasteiger partial charge in [-0.1, -0.05) is 29.4 Å². The summed E-state index contributed by atoms with van der Waals surface area (Å²) < 4.78 is 17.1. The molecule has 11 heteroatoms. The van der Waals surface area contributed by atoms with E-state index in [9.17, 15) is 23.6 Å². The van der Waals surface area contributed by atoms with Gasteiger partial charge in [-0.3, -0.25) is 29.0 Å². The monoisotopic (exact) mass is 565 g/mol. The predicted molar refractivity (Wildman–Crippen MR) is 148 cm³/mol. The van der Waals surface area contributed by atoms with Crippen LogP contribution in [0.2, 0.25) is 0 Å². The van der Waals surface area contributed by atoms with Gasteiger partial charge in [0.05, 0.1) is 47.7 Å².